The number of nitrogens with zero attached hydrogens (tertiary/aromatic N) is 1. The number of likely N-dealkylation sites (N-methyl/N-ethyl adjacent to an activating group) is 1. The molecule has 0 aromatic carbocycles. The Hall–Kier alpha value is -1.67. The van der Waals surface area contributed by atoms with E-state index in [0.717, 1.165) is 38.5 Å². The second kappa shape index (κ2) is 34.8. The maximum atomic E-state index is 12.8. The minimum absolute atomic E-state index is 0.0333. The van der Waals surface area contributed by atoms with Gasteiger partial charge in [-0.25, -0.2) is 0 Å². The molecule has 0 saturated carbocycles. The van der Waals surface area contributed by atoms with Crippen LogP contribution in [-0.4, -0.2) is 110 Å². The van der Waals surface area contributed by atoms with Crippen LogP contribution in [0.4, 0.5) is 0 Å². The van der Waals surface area contributed by atoms with E-state index in [9.17, 15) is 34.4 Å². The van der Waals surface area contributed by atoms with Crippen LogP contribution in [0.25, 0.3) is 0 Å². The number of phosphoric acid groups is 1. The third-order valence-electron chi connectivity index (χ3n) is 10.8. The lowest BCUT2D eigenvalue weighted by molar-refractivity contribution is -0.870. The zero-order chi connectivity index (χ0) is 44.5. The topological polar surface area (TPSA) is 181 Å². The van der Waals surface area contributed by atoms with Crippen LogP contribution in [-0.2, 0) is 37.4 Å². The summed E-state index contributed by atoms with van der Waals surface area (Å²) in [5.41, 5.74) is 0. The van der Waals surface area contributed by atoms with E-state index in [4.69, 9.17) is 23.3 Å². The molecular weight excluding hydrogens is 789 g/mol. The van der Waals surface area contributed by atoms with Gasteiger partial charge in [-0.15, -0.1) is 0 Å². The molecule has 7 unspecified atom stereocenters. The smallest absolute Gasteiger partial charge is 0.306 e. The molecule has 3 N–H and O–H groups in total. The molecule has 0 aromatic heterocycles. The van der Waals surface area contributed by atoms with Crippen molar-refractivity contribution < 1.29 is 62.1 Å². The van der Waals surface area contributed by atoms with Gasteiger partial charge in [0.2, 0.25) is 0 Å². The maximum absolute atomic E-state index is 12.8. The van der Waals surface area contributed by atoms with Crippen LogP contribution in [0.3, 0.4) is 0 Å². The Morgan fingerprint density at radius 2 is 1.35 bits per heavy atom. The Kier molecular flexibility index (Phi) is 32.7. The fourth-order valence-corrected chi connectivity index (χ4v) is 7.72. The average Bonchev–Trinajstić information content (AvgIpc) is 3.18. The number of allylic oxidation sites excluding steroid dienone is 2. The van der Waals surface area contributed by atoms with Crippen molar-refractivity contribution in [2.24, 2.45) is 5.92 Å². The van der Waals surface area contributed by atoms with Crippen molar-refractivity contribution in [1.82, 2.24) is 0 Å². The number of carbonyl (C=O) groups is 2. The third-order valence-corrected chi connectivity index (χ3v) is 11.7. The number of aliphatic hydroxyl groups is 3. The highest BCUT2D eigenvalue weighted by molar-refractivity contribution is 7.45. The number of hydrogen-bond donors (Lipinski definition) is 3. The first kappa shape index (κ1) is 56.3. The van der Waals surface area contributed by atoms with E-state index in [1.807, 2.05) is 33.3 Å². The summed E-state index contributed by atoms with van der Waals surface area (Å²) in [6.07, 6.45) is 26.8. The molecule has 13 nitrogen and oxygen atoms in total. The molecule has 60 heavy (non-hydrogen) atoms. The zero-order valence-corrected chi connectivity index (χ0v) is 39.1. The lowest BCUT2D eigenvalue weighted by atomic mass is 9.87. The van der Waals surface area contributed by atoms with Crippen LogP contribution in [0.1, 0.15) is 174 Å². The van der Waals surface area contributed by atoms with Crippen molar-refractivity contribution in [3.05, 3.63) is 24.3 Å². The predicted octanol–water partition coefficient (Wildman–Crippen LogP) is 8.61. The van der Waals surface area contributed by atoms with Crippen LogP contribution in [0.15, 0.2) is 24.3 Å². The lowest BCUT2D eigenvalue weighted by Gasteiger charge is -2.36. The quantitative estimate of drug-likeness (QED) is 0.0177. The van der Waals surface area contributed by atoms with Crippen molar-refractivity contribution in [3.8, 4) is 0 Å². The number of ether oxygens (including phenoxy) is 3. The van der Waals surface area contributed by atoms with Gasteiger partial charge >= 0.3 is 11.9 Å². The molecule has 1 saturated heterocycles. The summed E-state index contributed by atoms with van der Waals surface area (Å²) in [4.78, 5) is 37.8. The van der Waals surface area contributed by atoms with Crippen LogP contribution >= 0.6 is 7.82 Å². The molecule has 14 heteroatoms. The summed E-state index contributed by atoms with van der Waals surface area (Å²) in [6, 6.07) is 0. The highest BCUT2D eigenvalue weighted by atomic mass is 31.2. The molecule has 0 bridgehead atoms. The standard InChI is InChI=1S/C46H86NO12P/c1-6-8-10-11-12-13-14-15-16-17-18-19-20-21-26-30-44(50)55-37-40(38-57-60(53,54)56-35-34-47(3,4)5)58-45(51)31-27-23-22-25-29-41-42(49)36-46(52)59-43(41)33-32-39(48)28-24-9-7-2/h22,25,32-33,39-43,46,48-49,52H,6-21,23-24,26-31,34-38H2,1-5H3/b25-22-,33-32+. The fourth-order valence-electron chi connectivity index (χ4n) is 6.99. The molecule has 1 rings (SSSR count). The molecule has 0 aromatic rings. The Balaban J connectivity index is 2.52. The van der Waals surface area contributed by atoms with Crippen LogP contribution < -0.4 is 4.89 Å². The Morgan fingerprint density at radius 1 is 0.783 bits per heavy atom. The van der Waals surface area contributed by atoms with E-state index in [2.05, 4.69) is 13.8 Å². The first-order valence-corrected chi connectivity index (χ1v) is 24.9. The Labute approximate surface area is 363 Å². The zero-order valence-electron chi connectivity index (χ0n) is 38.2. The van der Waals surface area contributed by atoms with Crippen molar-refractivity contribution >= 4 is 19.8 Å². The number of quaternary nitrogens is 1. The van der Waals surface area contributed by atoms with Crippen LogP contribution in [0, 0.1) is 5.92 Å². The highest BCUT2D eigenvalue weighted by Gasteiger charge is 2.35. The normalized spacial score (nSPS) is 20.7. The fraction of sp³-hybridized carbons (Fsp3) is 0.870. The summed E-state index contributed by atoms with van der Waals surface area (Å²) < 4.78 is 39.6. The summed E-state index contributed by atoms with van der Waals surface area (Å²) in [6.45, 7) is 3.81. The SMILES string of the molecule is CCCCCCCCCCCCCCCCCC(=O)OCC(COP(=O)([O-])OCC[N+](C)(C)C)OC(=O)CCC/C=C\CC1C(O)CC(O)OC1/C=C/C(O)CCCCC. The number of rotatable bonds is 38. The second-order valence-electron chi connectivity index (χ2n) is 17.7. The lowest BCUT2D eigenvalue weighted by Crippen LogP contribution is -2.43. The van der Waals surface area contributed by atoms with Crippen molar-refractivity contribution in [3.63, 3.8) is 0 Å². The van der Waals surface area contributed by atoms with Crippen molar-refractivity contribution in [2.45, 2.75) is 205 Å². The summed E-state index contributed by atoms with van der Waals surface area (Å²) in [5.74, 6) is -1.34. The number of unbranched alkanes of at least 4 members (excludes halogenated alkanes) is 17. The third kappa shape index (κ3) is 32.1. The first-order chi connectivity index (χ1) is 28.7. The average molecular weight is 876 g/mol. The molecule has 7 atom stereocenters. The van der Waals surface area contributed by atoms with Gasteiger partial charge in [0.25, 0.3) is 7.82 Å². The van der Waals surface area contributed by atoms with Gasteiger partial charge in [-0.2, -0.15) is 0 Å². The van der Waals surface area contributed by atoms with E-state index in [1.54, 1.807) is 12.2 Å². The van der Waals surface area contributed by atoms with Gasteiger partial charge in [-0.3, -0.25) is 14.2 Å². The van der Waals surface area contributed by atoms with Gasteiger partial charge < -0.3 is 48.0 Å². The number of esters is 2. The van der Waals surface area contributed by atoms with E-state index < -0.39 is 57.1 Å². The molecule has 0 spiro atoms. The van der Waals surface area contributed by atoms with E-state index >= 15 is 0 Å². The van der Waals surface area contributed by atoms with E-state index in [-0.39, 0.29) is 38.4 Å². The molecule has 0 amide bonds. The molecule has 0 aliphatic carbocycles. The van der Waals surface area contributed by atoms with E-state index in [0.29, 0.717) is 43.1 Å². The minimum Gasteiger partial charge on any atom is -0.756 e. The first-order valence-electron chi connectivity index (χ1n) is 23.4. The Morgan fingerprint density at radius 3 is 1.95 bits per heavy atom. The highest BCUT2D eigenvalue weighted by Crippen LogP contribution is 2.38. The molecule has 0 radical (unpaired) electrons. The van der Waals surface area contributed by atoms with Crippen LogP contribution in [0.5, 0.6) is 0 Å². The van der Waals surface area contributed by atoms with Gasteiger partial charge in [0.15, 0.2) is 12.4 Å². The number of phosphoric ester groups is 1. The van der Waals surface area contributed by atoms with E-state index in [1.165, 1.54) is 70.6 Å². The number of aliphatic hydroxyl groups excluding tert-OH is 3. The molecule has 1 aliphatic rings. The number of carbonyl (C=O) groups excluding carboxylic acids is 2. The maximum Gasteiger partial charge on any atom is 0.306 e. The molecule has 352 valence electrons. The second-order valence-corrected chi connectivity index (χ2v) is 19.1. The van der Waals surface area contributed by atoms with Crippen molar-refractivity contribution in [2.75, 3.05) is 47.5 Å². The summed E-state index contributed by atoms with van der Waals surface area (Å²) in [5, 5.41) is 31.0. The van der Waals surface area contributed by atoms with Gasteiger partial charge in [0, 0.05) is 25.2 Å². The molecular formula is C46H86NO12P. The molecule has 1 fully saturated rings. The van der Waals surface area contributed by atoms with Gasteiger partial charge in [-0.05, 0) is 32.1 Å². The predicted molar refractivity (Wildman–Crippen MR) is 235 cm³/mol. The van der Waals surface area contributed by atoms with Gasteiger partial charge in [0.05, 0.1) is 46.1 Å². The number of hydrogen-bond acceptors (Lipinski definition) is 12. The molecule has 1 heterocycles. The monoisotopic (exact) mass is 876 g/mol. The van der Waals surface area contributed by atoms with Gasteiger partial charge in [-0.1, -0.05) is 147 Å². The summed E-state index contributed by atoms with van der Waals surface area (Å²) >= 11 is 0. The summed E-state index contributed by atoms with van der Waals surface area (Å²) in [7, 11) is 1.00. The minimum atomic E-state index is -4.70. The molecule has 1 aliphatic heterocycles. The van der Waals surface area contributed by atoms with Crippen LogP contribution in [0.2, 0.25) is 0 Å². The Bertz CT molecular complexity index is 1190. The largest absolute Gasteiger partial charge is 0.756 e. The van der Waals surface area contributed by atoms with Crippen molar-refractivity contribution in [1.29, 1.82) is 0 Å². The van der Waals surface area contributed by atoms with Gasteiger partial charge in [0.1, 0.15) is 19.8 Å².